The van der Waals surface area contributed by atoms with Crippen LogP contribution in [0.5, 0.6) is 0 Å². The Balaban J connectivity index is 1.90. The molecule has 0 unspecified atom stereocenters. The highest BCUT2D eigenvalue weighted by molar-refractivity contribution is 7.03. The van der Waals surface area contributed by atoms with Gasteiger partial charge in [0.2, 0.25) is 0 Å². The van der Waals surface area contributed by atoms with Gasteiger partial charge in [-0.15, -0.1) is 10.2 Å². The summed E-state index contributed by atoms with van der Waals surface area (Å²) in [5, 5.41) is 11.5. The Morgan fingerprint density at radius 3 is 2.18 bits per heavy atom. The lowest BCUT2D eigenvalue weighted by Crippen LogP contribution is -2.46. The van der Waals surface area contributed by atoms with Gasteiger partial charge in [0.1, 0.15) is 0 Å². The summed E-state index contributed by atoms with van der Waals surface area (Å²) in [7, 11) is 0. The van der Waals surface area contributed by atoms with Gasteiger partial charge in [-0.05, 0) is 35.2 Å². The van der Waals surface area contributed by atoms with E-state index in [4.69, 9.17) is 0 Å². The fraction of sp³-hybridized carbons (Fsp3) is 0. The molecule has 0 fully saturated rings. The molecule has 0 radical (unpaired) electrons. The zero-order valence-electron chi connectivity index (χ0n) is 10.9. The fourth-order valence-corrected chi connectivity index (χ4v) is 2.47. The summed E-state index contributed by atoms with van der Waals surface area (Å²) in [5.74, 6) is -1.02. The number of nitrogens with one attached hydrogen (secondary N) is 1. The highest BCUT2D eigenvalue weighted by Gasteiger charge is 2.23. The first-order valence-corrected chi connectivity index (χ1v) is 7.67. The van der Waals surface area contributed by atoms with Crippen LogP contribution in [-0.2, 0) is 0 Å². The van der Waals surface area contributed by atoms with Crippen molar-refractivity contribution in [3.8, 4) is 0 Å². The topological polar surface area (TPSA) is 101 Å². The number of para-hydroxylation sites is 1. The molecule has 0 aliphatic heterocycles. The minimum absolute atomic E-state index is 0.134. The second-order valence-corrected chi connectivity index (χ2v) is 5.22. The minimum atomic E-state index is -0.533. The molecule has 3 rings (SSSR count). The van der Waals surface area contributed by atoms with E-state index >= 15 is 0 Å². The van der Waals surface area contributed by atoms with E-state index in [1.54, 1.807) is 24.3 Å². The van der Waals surface area contributed by atoms with Crippen LogP contribution >= 0.6 is 23.1 Å². The van der Waals surface area contributed by atoms with Gasteiger partial charge in [0.05, 0.1) is 5.69 Å². The van der Waals surface area contributed by atoms with Gasteiger partial charge in [0.15, 0.2) is 11.4 Å². The smallest absolute Gasteiger partial charge is 0.265 e. The first-order chi connectivity index (χ1) is 10.8. The van der Waals surface area contributed by atoms with Crippen LogP contribution in [-0.4, -0.2) is 31.0 Å². The highest BCUT2D eigenvalue weighted by Crippen LogP contribution is 2.15. The maximum absolute atomic E-state index is 12.5. The molecule has 1 N–H and O–H groups in total. The van der Waals surface area contributed by atoms with Crippen molar-refractivity contribution in [2.45, 2.75) is 0 Å². The molecule has 22 heavy (non-hydrogen) atoms. The van der Waals surface area contributed by atoms with Gasteiger partial charge in [-0.2, -0.15) is 0 Å². The molecule has 2 amide bonds. The number of rotatable bonds is 3. The van der Waals surface area contributed by atoms with Crippen LogP contribution in [0.25, 0.3) is 0 Å². The maximum atomic E-state index is 12.5. The van der Waals surface area contributed by atoms with Crippen LogP contribution in [0.15, 0.2) is 41.1 Å². The van der Waals surface area contributed by atoms with Crippen molar-refractivity contribution in [2.75, 3.05) is 5.01 Å². The van der Waals surface area contributed by atoms with E-state index in [-0.39, 0.29) is 11.4 Å². The normalized spacial score (nSPS) is 10.2. The third kappa shape index (κ3) is 2.97. The van der Waals surface area contributed by atoms with Gasteiger partial charge < -0.3 is 0 Å². The summed E-state index contributed by atoms with van der Waals surface area (Å²) in [6.45, 7) is 0. The van der Waals surface area contributed by atoms with Crippen LogP contribution in [0, 0.1) is 0 Å². The molecular formula is C12H8N6O2S2. The van der Waals surface area contributed by atoms with Crippen LogP contribution in [0.3, 0.4) is 0 Å². The number of anilines is 1. The van der Waals surface area contributed by atoms with Crippen LogP contribution < -0.4 is 10.4 Å². The number of carbonyl (C=O) groups excluding carboxylic acids is 2. The lowest BCUT2D eigenvalue weighted by molar-refractivity contribution is 0.0882. The lowest BCUT2D eigenvalue weighted by Gasteiger charge is -2.21. The molecular weight excluding hydrogens is 324 g/mol. The average Bonchev–Trinajstić information content (AvgIpc) is 3.25. The number of nitrogens with zero attached hydrogens (tertiary/aromatic N) is 5. The van der Waals surface area contributed by atoms with Gasteiger partial charge >= 0.3 is 0 Å². The first kappa shape index (κ1) is 14.2. The molecule has 0 atom stereocenters. The quantitative estimate of drug-likeness (QED) is 0.727. The van der Waals surface area contributed by atoms with Crippen molar-refractivity contribution in [1.29, 1.82) is 0 Å². The summed E-state index contributed by atoms with van der Waals surface area (Å²) < 4.78 is 7.28. The number of benzene rings is 1. The predicted molar refractivity (Wildman–Crippen MR) is 80.5 cm³/mol. The molecule has 0 aliphatic rings. The molecule has 0 aliphatic carbocycles. The number of aromatic nitrogens is 4. The maximum Gasteiger partial charge on any atom is 0.298 e. The van der Waals surface area contributed by atoms with E-state index in [0.29, 0.717) is 5.69 Å². The van der Waals surface area contributed by atoms with Crippen molar-refractivity contribution >= 4 is 40.6 Å². The summed E-state index contributed by atoms with van der Waals surface area (Å²) in [6.07, 6.45) is 0. The van der Waals surface area contributed by atoms with Gasteiger partial charge in [-0.3, -0.25) is 15.0 Å². The molecule has 2 aromatic heterocycles. The molecule has 0 saturated carbocycles. The van der Waals surface area contributed by atoms with E-state index in [0.717, 1.165) is 28.1 Å². The highest BCUT2D eigenvalue weighted by atomic mass is 32.1. The lowest BCUT2D eigenvalue weighted by atomic mass is 10.3. The van der Waals surface area contributed by atoms with Crippen LogP contribution in [0.4, 0.5) is 5.69 Å². The summed E-state index contributed by atoms with van der Waals surface area (Å²) in [6, 6.07) is 8.70. The Kier molecular flexibility index (Phi) is 4.12. The molecule has 0 spiro atoms. The molecule has 3 aromatic rings. The van der Waals surface area contributed by atoms with Gasteiger partial charge in [-0.1, -0.05) is 27.2 Å². The molecule has 1 aromatic carbocycles. The Morgan fingerprint density at radius 2 is 1.59 bits per heavy atom. The molecule has 10 heteroatoms. The minimum Gasteiger partial charge on any atom is -0.265 e. The Bertz CT molecular complexity index is 760. The number of hydrazine groups is 1. The molecule has 0 bridgehead atoms. The third-order valence-electron chi connectivity index (χ3n) is 2.60. The zero-order chi connectivity index (χ0) is 15.4. The Labute approximate surface area is 132 Å². The first-order valence-electron chi connectivity index (χ1n) is 6.00. The number of amides is 2. The van der Waals surface area contributed by atoms with E-state index < -0.39 is 11.8 Å². The second kappa shape index (κ2) is 6.37. The molecule has 2 heterocycles. The van der Waals surface area contributed by atoms with E-state index in [9.17, 15) is 9.59 Å². The SMILES string of the molecule is O=C(NN(C(=O)c1csnn1)c1ccccc1)c1csnn1. The largest absolute Gasteiger partial charge is 0.298 e. The van der Waals surface area contributed by atoms with Crippen molar-refractivity contribution in [3.63, 3.8) is 0 Å². The van der Waals surface area contributed by atoms with Crippen molar-refractivity contribution < 1.29 is 9.59 Å². The summed E-state index contributed by atoms with van der Waals surface area (Å²) >= 11 is 2.11. The molecule has 110 valence electrons. The average molecular weight is 332 g/mol. The van der Waals surface area contributed by atoms with Crippen LogP contribution in [0.2, 0.25) is 0 Å². The monoisotopic (exact) mass is 332 g/mol. The standard InChI is InChI=1S/C12H8N6O2S2/c19-11(9-6-21-16-13-9)15-18(8-4-2-1-3-5-8)12(20)10-7-22-17-14-10/h1-7H,(H,15,19). The zero-order valence-corrected chi connectivity index (χ0v) is 12.5. The van der Waals surface area contributed by atoms with Crippen molar-refractivity contribution in [2.24, 2.45) is 0 Å². The van der Waals surface area contributed by atoms with E-state index in [1.807, 2.05) is 6.07 Å². The Hall–Kier alpha value is -2.72. The molecule has 8 nitrogen and oxygen atoms in total. The summed E-state index contributed by atoms with van der Waals surface area (Å²) in [5.41, 5.74) is 3.29. The number of hydrogen-bond acceptors (Lipinski definition) is 8. The van der Waals surface area contributed by atoms with Crippen molar-refractivity contribution in [1.82, 2.24) is 24.6 Å². The Morgan fingerprint density at radius 1 is 0.955 bits per heavy atom. The van der Waals surface area contributed by atoms with E-state index in [1.165, 1.54) is 10.8 Å². The summed E-state index contributed by atoms with van der Waals surface area (Å²) in [4.78, 5) is 24.6. The van der Waals surface area contributed by atoms with Gasteiger partial charge in [0.25, 0.3) is 11.8 Å². The van der Waals surface area contributed by atoms with E-state index in [2.05, 4.69) is 24.6 Å². The predicted octanol–water partition coefficient (Wildman–Crippen LogP) is 1.38. The number of carbonyl (C=O) groups is 2. The van der Waals surface area contributed by atoms with Gasteiger partial charge in [-0.25, -0.2) is 5.01 Å². The van der Waals surface area contributed by atoms with Crippen LogP contribution in [0.1, 0.15) is 21.0 Å². The number of hydrogen-bond donors (Lipinski definition) is 1. The fourth-order valence-electron chi connectivity index (χ4n) is 1.60. The van der Waals surface area contributed by atoms with Crippen molar-refractivity contribution in [3.05, 3.63) is 52.5 Å². The van der Waals surface area contributed by atoms with Gasteiger partial charge in [0, 0.05) is 10.8 Å². The second-order valence-electron chi connectivity index (χ2n) is 4.00. The third-order valence-corrected chi connectivity index (χ3v) is 3.61. The molecule has 0 saturated heterocycles.